The van der Waals surface area contributed by atoms with Crippen LogP contribution in [0.4, 0.5) is 10.8 Å². The lowest BCUT2D eigenvalue weighted by Gasteiger charge is -2.02. The molecule has 7 nitrogen and oxygen atoms in total. The molecule has 2 aromatic rings. The third-order valence-corrected chi connectivity index (χ3v) is 3.73. The van der Waals surface area contributed by atoms with Gasteiger partial charge in [-0.25, -0.2) is 9.78 Å². The zero-order valence-corrected chi connectivity index (χ0v) is 14.5. The molecule has 0 radical (unpaired) electrons. The number of hydrogen-bond donors (Lipinski definition) is 2. The first-order valence-electron chi connectivity index (χ1n) is 7.41. The van der Waals surface area contributed by atoms with Crippen LogP contribution in [0.3, 0.4) is 0 Å². The molecule has 0 unspecified atom stereocenters. The van der Waals surface area contributed by atoms with E-state index in [0.717, 1.165) is 11.3 Å². The lowest BCUT2D eigenvalue weighted by atomic mass is 10.1. The molecule has 1 heterocycles. The van der Waals surface area contributed by atoms with Crippen molar-refractivity contribution in [2.24, 2.45) is 0 Å². The predicted molar refractivity (Wildman–Crippen MR) is 95.8 cm³/mol. The van der Waals surface area contributed by atoms with Gasteiger partial charge in [0.2, 0.25) is 5.91 Å². The van der Waals surface area contributed by atoms with Crippen molar-refractivity contribution in [2.45, 2.75) is 13.8 Å². The van der Waals surface area contributed by atoms with Crippen LogP contribution < -0.4 is 10.6 Å². The first-order chi connectivity index (χ1) is 12.0. The van der Waals surface area contributed by atoms with E-state index in [-0.39, 0.29) is 18.1 Å². The average Bonchev–Trinajstić information content (AvgIpc) is 3.05. The minimum Gasteiger partial charge on any atom is -0.462 e. The second-order valence-corrected chi connectivity index (χ2v) is 5.69. The molecule has 0 aliphatic heterocycles. The van der Waals surface area contributed by atoms with Crippen LogP contribution in [0.1, 0.15) is 13.8 Å². The van der Waals surface area contributed by atoms with E-state index >= 15 is 0 Å². The van der Waals surface area contributed by atoms with Gasteiger partial charge in [-0.3, -0.25) is 4.79 Å². The molecule has 2 rings (SSSR count). The molecular formula is C17H16N4O3S. The molecule has 1 aromatic carbocycles. The van der Waals surface area contributed by atoms with E-state index in [1.54, 1.807) is 25.1 Å². The molecule has 2 N–H and O–H groups in total. The highest BCUT2D eigenvalue weighted by atomic mass is 32.1. The first-order valence-corrected chi connectivity index (χ1v) is 8.29. The number of nitriles is 1. The molecule has 0 saturated carbocycles. The van der Waals surface area contributed by atoms with Crippen LogP contribution >= 0.6 is 11.3 Å². The van der Waals surface area contributed by atoms with Crippen LogP contribution in [-0.4, -0.2) is 23.5 Å². The molecule has 25 heavy (non-hydrogen) atoms. The number of nitrogens with zero attached hydrogens (tertiary/aromatic N) is 2. The predicted octanol–water partition coefficient (Wildman–Crippen LogP) is 3.15. The number of carbonyl (C=O) groups excluding carboxylic acids is 2. The Morgan fingerprint density at radius 2 is 2.08 bits per heavy atom. The number of carbonyl (C=O) groups is 2. The number of ether oxygens (including phenoxy) is 1. The quantitative estimate of drug-likeness (QED) is 0.468. The Morgan fingerprint density at radius 3 is 2.68 bits per heavy atom. The number of esters is 1. The molecule has 8 heteroatoms. The van der Waals surface area contributed by atoms with Crippen molar-refractivity contribution in [3.63, 3.8) is 0 Å². The maximum Gasteiger partial charge on any atom is 0.350 e. The second kappa shape index (κ2) is 8.61. The zero-order chi connectivity index (χ0) is 18.2. The van der Waals surface area contributed by atoms with Gasteiger partial charge in [-0.1, -0.05) is 12.1 Å². The van der Waals surface area contributed by atoms with E-state index in [9.17, 15) is 9.59 Å². The van der Waals surface area contributed by atoms with Crippen molar-refractivity contribution < 1.29 is 14.3 Å². The van der Waals surface area contributed by atoms with E-state index in [0.29, 0.717) is 10.8 Å². The summed E-state index contributed by atoms with van der Waals surface area (Å²) >= 11 is 1.34. The van der Waals surface area contributed by atoms with Gasteiger partial charge in [0, 0.05) is 29.8 Å². The number of aromatic nitrogens is 1. The summed E-state index contributed by atoms with van der Waals surface area (Å²) in [6, 6.07) is 9.06. The summed E-state index contributed by atoms with van der Waals surface area (Å²) in [6.07, 6.45) is 1.28. The number of rotatable bonds is 6. The number of amides is 1. The average molecular weight is 356 g/mol. The molecule has 0 aliphatic rings. The lowest BCUT2D eigenvalue weighted by molar-refractivity contribution is -0.138. The fourth-order valence-electron chi connectivity index (χ4n) is 1.88. The largest absolute Gasteiger partial charge is 0.462 e. The standard InChI is InChI=1S/C17H16N4O3S/c1-3-24-16(23)13(8-18)9-19-17-21-15(10-25-17)12-4-6-14(7-5-12)20-11(2)22/h4-7,9-10H,3H2,1-2H3,(H,19,21)(H,20,22)/b13-9+. The van der Waals surface area contributed by atoms with Crippen LogP contribution in [-0.2, 0) is 14.3 Å². The minimum absolute atomic E-state index is 0.127. The fraction of sp³-hybridized carbons (Fsp3) is 0.176. The van der Waals surface area contributed by atoms with Gasteiger partial charge in [0.25, 0.3) is 0 Å². The van der Waals surface area contributed by atoms with Crippen molar-refractivity contribution >= 4 is 34.0 Å². The summed E-state index contributed by atoms with van der Waals surface area (Å²) < 4.78 is 4.78. The molecule has 0 spiro atoms. The van der Waals surface area contributed by atoms with Gasteiger partial charge in [0.15, 0.2) is 10.7 Å². The Hall–Kier alpha value is -3.18. The smallest absolute Gasteiger partial charge is 0.350 e. The molecule has 0 atom stereocenters. The zero-order valence-electron chi connectivity index (χ0n) is 13.7. The molecule has 1 aromatic heterocycles. The Kier molecular flexibility index (Phi) is 6.26. The number of anilines is 2. The third kappa shape index (κ3) is 5.16. The van der Waals surface area contributed by atoms with Crippen molar-refractivity contribution in [1.82, 2.24) is 4.98 Å². The van der Waals surface area contributed by atoms with E-state index in [1.807, 2.05) is 17.5 Å². The Morgan fingerprint density at radius 1 is 1.36 bits per heavy atom. The van der Waals surface area contributed by atoms with Crippen molar-refractivity contribution in [3.8, 4) is 17.3 Å². The Balaban J connectivity index is 2.08. The maximum atomic E-state index is 11.5. The maximum absolute atomic E-state index is 11.5. The van der Waals surface area contributed by atoms with Gasteiger partial charge in [0.05, 0.1) is 12.3 Å². The summed E-state index contributed by atoms with van der Waals surface area (Å²) in [6.45, 7) is 3.32. The topological polar surface area (TPSA) is 104 Å². The van der Waals surface area contributed by atoms with Crippen molar-refractivity contribution in [1.29, 1.82) is 5.26 Å². The van der Waals surface area contributed by atoms with Gasteiger partial charge in [-0.05, 0) is 19.1 Å². The van der Waals surface area contributed by atoms with Gasteiger partial charge >= 0.3 is 5.97 Å². The highest BCUT2D eigenvalue weighted by Gasteiger charge is 2.10. The van der Waals surface area contributed by atoms with E-state index < -0.39 is 5.97 Å². The van der Waals surface area contributed by atoms with E-state index in [4.69, 9.17) is 10.00 Å². The van der Waals surface area contributed by atoms with Crippen LogP contribution in [0.15, 0.2) is 41.4 Å². The van der Waals surface area contributed by atoms with Crippen molar-refractivity contribution in [3.05, 3.63) is 41.4 Å². The molecule has 0 bridgehead atoms. The number of nitrogens with one attached hydrogen (secondary N) is 2. The number of hydrogen-bond acceptors (Lipinski definition) is 7. The summed E-state index contributed by atoms with van der Waals surface area (Å²) in [7, 11) is 0. The third-order valence-electron chi connectivity index (χ3n) is 2.96. The molecule has 0 aliphatic carbocycles. The minimum atomic E-state index is -0.678. The Labute approximate surface area is 149 Å². The van der Waals surface area contributed by atoms with Gasteiger partial charge in [0.1, 0.15) is 6.07 Å². The highest BCUT2D eigenvalue weighted by Crippen LogP contribution is 2.26. The summed E-state index contributed by atoms with van der Waals surface area (Å²) in [4.78, 5) is 26.9. The first kappa shape index (κ1) is 18.2. The SMILES string of the molecule is CCOC(=O)/C(C#N)=C/Nc1nc(-c2ccc(NC(C)=O)cc2)cs1. The monoisotopic (exact) mass is 356 g/mol. The molecule has 128 valence electrons. The summed E-state index contributed by atoms with van der Waals surface area (Å²) in [5.74, 6) is -0.808. The number of thiazole rings is 1. The Bertz CT molecular complexity index is 834. The summed E-state index contributed by atoms with van der Waals surface area (Å²) in [5, 5.41) is 16.9. The number of benzene rings is 1. The molecule has 0 fully saturated rings. The molecule has 1 amide bonds. The highest BCUT2D eigenvalue weighted by molar-refractivity contribution is 7.14. The lowest BCUT2D eigenvalue weighted by Crippen LogP contribution is -2.07. The van der Waals surface area contributed by atoms with E-state index in [2.05, 4.69) is 15.6 Å². The van der Waals surface area contributed by atoms with Crippen molar-refractivity contribution in [2.75, 3.05) is 17.2 Å². The normalized spacial score (nSPS) is 10.7. The van der Waals surface area contributed by atoms with Gasteiger partial charge < -0.3 is 15.4 Å². The fourth-order valence-corrected chi connectivity index (χ4v) is 2.57. The van der Waals surface area contributed by atoms with Gasteiger partial charge in [-0.2, -0.15) is 5.26 Å². The van der Waals surface area contributed by atoms with Gasteiger partial charge in [-0.15, -0.1) is 11.3 Å². The van der Waals surface area contributed by atoms with Crippen LogP contribution in [0, 0.1) is 11.3 Å². The van der Waals surface area contributed by atoms with Crippen LogP contribution in [0.2, 0.25) is 0 Å². The second-order valence-electron chi connectivity index (χ2n) is 4.83. The molecular weight excluding hydrogens is 340 g/mol. The van der Waals surface area contributed by atoms with Crippen LogP contribution in [0.25, 0.3) is 11.3 Å². The van der Waals surface area contributed by atoms with E-state index in [1.165, 1.54) is 24.5 Å². The summed E-state index contributed by atoms with van der Waals surface area (Å²) in [5.41, 5.74) is 2.21. The van der Waals surface area contributed by atoms with Crippen LogP contribution in [0.5, 0.6) is 0 Å². The molecule has 0 saturated heterocycles.